The maximum absolute atomic E-state index is 11.7. The molecule has 0 bridgehead atoms. The van der Waals surface area contributed by atoms with Gasteiger partial charge in [-0.15, -0.1) is 0 Å². The van der Waals surface area contributed by atoms with Crippen LogP contribution in [-0.4, -0.2) is 6.03 Å². The normalized spacial score (nSPS) is 10.5. The van der Waals surface area contributed by atoms with Crippen molar-refractivity contribution in [2.45, 2.75) is 19.8 Å². The summed E-state index contributed by atoms with van der Waals surface area (Å²) in [5, 5.41) is 5.34. The number of urea groups is 1. The molecule has 100 valence electrons. The lowest BCUT2D eigenvalue weighted by Gasteiger charge is -2.08. The van der Waals surface area contributed by atoms with E-state index >= 15 is 0 Å². The predicted octanol–water partition coefficient (Wildman–Crippen LogP) is 4.81. The Bertz CT molecular complexity index is 561. The van der Waals surface area contributed by atoms with Crippen molar-refractivity contribution in [2.24, 2.45) is 0 Å². The highest BCUT2D eigenvalue weighted by atomic mass is 79.9. The molecule has 0 spiro atoms. The van der Waals surface area contributed by atoms with E-state index in [9.17, 15) is 4.79 Å². The number of benzene rings is 1. The minimum atomic E-state index is -0.334. The van der Waals surface area contributed by atoms with Gasteiger partial charge >= 0.3 is 6.03 Å². The average Bonchev–Trinajstić information content (AvgIpc) is 2.75. The Kier molecular flexibility index (Phi) is 4.27. The van der Waals surface area contributed by atoms with Crippen LogP contribution in [0, 0.1) is 0 Å². The van der Waals surface area contributed by atoms with Gasteiger partial charge in [0.2, 0.25) is 5.88 Å². The molecule has 0 saturated carbocycles. The van der Waals surface area contributed by atoms with Crippen molar-refractivity contribution in [1.82, 2.24) is 0 Å². The first kappa shape index (κ1) is 13.7. The standard InChI is InChI=1S/C14H15BrN2O2/c1-9(2)10-3-5-11(6-4-10)16-14(18)17-13-8-7-12(15)19-13/h3-9H,1-2H3,(H2,16,17,18). The molecule has 0 saturated heterocycles. The molecule has 0 unspecified atom stereocenters. The fraction of sp³-hybridized carbons (Fsp3) is 0.214. The van der Waals surface area contributed by atoms with Crippen LogP contribution in [0.15, 0.2) is 45.5 Å². The summed E-state index contributed by atoms with van der Waals surface area (Å²) >= 11 is 3.17. The van der Waals surface area contributed by atoms with E-state index < -0.39 is 0 Å². The molecule has 1 heterocycles. The van der Waals surface area contributed by atoms with Gasteiger partial charge in [0, 0.05) is 11.8 Å². The molecular formula is C14H15BrN2O2. The number of hydrogen-bond acceptors (Lipinski definition) is 2. The van der Waals surface area contributed by atoms with Crippen molar-refractivity contribution in [3.05, 3.63) is 46.6 Å². The summed E-state index contributed by atoms with van der Waals surface area (Å²) in [6.45, 7) is 4.26. The van der Waals surface area contributed by atoms with Crippen LogP contribution in [0.1, 0.15) is 25.3 Å². The molecule has 5 heteroatoms. The second-order valence-electron chi connectivity index (χ2n) is 4.46. The van der Waals surface area contributed by atoms with Crippen molar-refractivity contribution >= 4 is 33.5 Å². The lowest BCUT2D eigenvalue weighted by Crippen LogP contribution is -2.18. The van der Waals surface area contributed by atoms with Gasteiger partial charge in [0.25, 0.3) is 0 Å². The molecule has 0 aliphatic rings. The van der Waals surface area contributed by atoms with Crippen LogP contribution in [-0.2, 0) is 0 Å². The number of rotatable bonds is 3. The van der Waals surface area contributed by atoms with E-state index in [0.717, 1.165) is 5.69 Å². The number of halogens is 1. The Hall–Kier alpha value is -1.75. The smallest absolute Gasteiger partial charge is 0.326 e. The molecule has 2 aromatic rings. The van der Waals surface area contributed by atoms with Crippen LogP contribution in [0.5, 0.6) is 0 Å². The maximum atomic E-state index is 11.7. The summed E-state index contributed by atoms with van der Waals surface area (Å²) < 4.78 is 5.76. The molecule has 1 aromatic carbocycles. The lowest BCUT2D eigenvalue weighted by molar-refractivity contribution is 0.261. The van der Waals surface area contributed by atoms with Gasteiger partial charge in [0.1, 0.15) is 0 Å². The molecule has 0 aliphatic carbocycles. The minimum Gasteiger partial charge on any atom is -0.434 e. The first-order valence-electron chi connectivity index (χ1n) is 5.98. The zero-order chi connectivity index (χ0) is 13.8. The van der Waals surface area contributed by atoms with Gasteiger partial charge in [-0.05, 0) is 45.6 Å². The predicted molar refractivity (Wildman–Crippen MR) is 79.6 cm³/mol. The van der Waals surface area contributed by atoms with Crippen molar-refractivity contribution < 1.29 is 9.21 Å². The van der Waals surface area contributed by atoms with Gasteiger partial charge in [0.15, 0.2) is 4.67 Å². The van der Waals surface area contributed by atoms with Crippen molar-refractivity contribution in [3.63, 3.8) is 0 Å². The molecule has 4 nitrogen and oxygen atoms in total. The first-order valence-corrected chi connectivity index (χ1v) is 6.77. The summed E-state index contributed by atoms with van der Waals surface area (Å²) in [5.74, 6) is 0.867. The van der Waals surface area contributed by atoms with Gasteiger partial charge in [-0.3, -0.25) is 5.32 Å². The number of hydrogen-bond donors (Lipinski definition) is 2. The van der Waals surface area contributed by atoms with E-state index in [1.165, 1.54) is 5.56 Å². The zero-order valence-corrected chi connectivity index (χ0v) is 12.3. The van der Waals surface area contributed by atoms with E-state index in [2.05, 4.69) is 40.4 Å². The van der Waals surface area contributed by atoms with E-state index in [4.69, 9.17) is 4.42 Å². The van der Waals surface area contributed by atoms with Crippen LogP contribution >= 0.6 is 15.9 Å². The van der Waals surface area contributed by atoms with Gasteiger partial charge in [0.05, 0.1) is 0 Å². The largest absolute Gasteiger partial charge is 0.434 e. The molecule has 0 atom stereocenters. The molecule has 1 aromatic heterocycles. The second kappa shape index (κ2) is 5.93. The molecule has 0 aliphatic heterocycles. The fourth-order valence-electron chi connectivity index (χ4n) is 1.61. The third-order valence-corrected chi connectivity index (χ3v) is 3.07. The molecule has 0 fully saturated rings. The van der Waals surface area contributed by atoms with Crippen LogP contribution < -0.4 is 10.6 Å². The Balaban J connectivity index is 1.95. The Morgan fingerprint density at radius 2 is 1.79 bits per heavy atom. The summed E-state index contributed by atoms with van der Waals surface area (Å²) in [6, 6.07) is 10.8. The molecule has 2 amide bonds. The van der Waals surface area contributed by atoms with E-state index in [-0.39, 0.29) is 6.03 Å². The van der Waals surface area contributed by atoms with Gasteiger partial charge in [-0.2, -0.15) is 0 Å². The molecule has 0 radical (unpaired) electrons. The molecule has 2 N–H and O–H groups in total. The molecule has 19 heavy (non-hydrogen) atoms. The van der Waals surface area contributed by atoms with Crippen LogP contribution in [0.3, 0.4) is 0 Å². The van der Waals surface area contributed by atoms with Crippen molar-refractivity contribution in [2.75, 3.05) is 10.6 Å². The van der Waals surface area contributed by atoms with Gasteiger partial charge in [-0.1, -0.05) is 26.0 Å². The highest BCUT2D eigenvalue weighted by Gasteiger charge is 2.06. The lowest BCUT2D eigenvalue weighted by atomic mass is 10.0. The average molecular weight is 323 g/mol. The van der Waals surface area contributed by atoms with Gasteiger partial charge < -0.3 is 9.73 Å². The summed E-state index contributed by atoms with van der Waals surface area (Å²) in [7, 11) is 0. The number of anilines is 2. The number of amides is 2. The monoisotopic (exact) mass is 322 g/mol. The molecule has 2 rings (SSSR count). The Morgan fingerprint density at radius 3 is 2.32 bits per heavy atom. The first-order chi connectivity index (χ1) is 9.04. The second-order valence-corrected chi connectivity index (χ2v) is 5.24. The molecular weight excluding hydrogens is 308 g/mol. The third kappa shape index (κ3) is 3.86. The van der Waals surface area contributed by atoms with Crippen LogP contribution in [0.25, 0.3) is 0 Å². The minimum absolute atomic E-state index is 0.334. The van der Waals surface area contributed by atoms with Crippen molar-refractivity contribution in [1.29, 1.82) is 0 Å². The quantitative estimate of drug-likeness (QED) is 0.852. The number of furan rings is 1. The third-order valence-electron chi connectivity index (χ3n) is 2.65. The topological polar surface area (TPSA) is 54.3 Å². The summed E-state index contributed by atoms with van der Waals surface area (Å²) in [6.07, 6.45) is 0. The SMILES string of the molecule is CC(C)c1ccc(NC(=O)Nc2ccc(Br)o2)cc1. The summed E-state index contributed by atoms with van der Waals surface area (Å²) in [4.78, 5) is 11.7. The van der Waals surface area contributed by atoms with Crippen LogP contribution in [0.4, 0.5) is 16.4 Å². The highest BCUT2D eigenvalue weighted by Crippen LogP contribution is 2.19. The summed E-state index contributed by atoms with van der Waals surface area (Å²) in [5.41, 5.74) is 1.98. The highest BCUT2D eigenvalue weighted by molar-refractivity contribution is 9.10. The fourth-order valence-corrected chi connectivity index (χ4v) is 1.91. The van der Waals surface area contributed by atoms with E-state index in [1.54, 1.807) is 12.1 Å². The Morgan fingerprint density at radius 1 is 1.11 bits per heavy atom. The maximum Gasteiger partial charge on any atom is 0.326 e. The van der Waals surface area contributed by atoms with Crippen molar-refractivity contribution in [3.8, 4) is 0 Å². The van der Waals surface area contributed by atoms with Gasteiger partial charge in [-0.25, -0.2) is 4.79 Å². The number of carbonyl (C=O) groups excluding carboxylic acids is 1. The number of nitrogens with one attached hydrogen (secondary N) is 2. The zero-order valence-electron chi connectivity index (χ0n) is 10.7. The van der Waals surface area contributed by atoms with E-state index in [1.807, 2.05) is 24.3 Å². The number of carbonyl (C=O) groups is 1. The Labute approximate surface area is 120 Å². The van der Waals surface area contributed by atoms with E-state index in [0.29, 0.717) is 16.5 Å². The van der Waals surface area contributed by atoms with Crippen LogP contribution in [0.2, 0.25) is 0 Å².